The van der Waals surface area contributed by atoms with Gasteiger partial charge in [0.2, 0.25) is 0 Å². The van der Waals surface area contributed by atoms with Crippen LogP contribution in [0.1, 0.15) is 0 Å². The Kier molecular flexibility index (Phi) is 7.07. The van der Waals surface area contributed by atoms with Crippen molar-refractivity contribution in [2.45, 2.75) is 0 Å². The highest BCUT2D eigenvalue weighted by Gasteiger charge is 1.98. The van der Waals surface area contributed by atoms with Gasteiger partial charge in [0, 0.05) is 12.1 Å². The molecule has 0 aliphatic heterocycles. The predicted octanol–water partition coefficient (Wildman–Crippen LogP) is 3.18. The van der Waals surface area contributed by atoms with Crippen LogP contribution in [0.2, 0.25) is 0 Å². The molecule has 2 rings (SSSR count). The largest absolute Gasteiger partial charge is 0.497 e. The van der Waals surface area contributed by atoms with E-state index >= 15 is 0 Å². The standard InChI is InChI=1S/C18H22O5/c1-19-15-5-3-7-17(13-15)22-11-9-21-10-12-23-18-8-4-6-16(14-18)20-2/h3-8,13-14H,9-12H2,1-2H3. The van der Waals surface area contributed by atoms with Crippen molar-refractivity contribution in [1.82, 2.24) is 0 Å². The third kappa shape index (κ3) is 6.08. The van der Waals surface area contributed by atoms with Crippen LogP contribution in [0, 0.1) is 0 Å². The van der Waals surface area contributed by atoms with Gasteiger partial charge in [0.1, 0.15) is 36.2 Å². The Bertz CT molecular complexity index is 534. The Balaban J connectivity index is 1.57. The number of ether oxygens (including phenoxy) is 5. The summed E-state index contributed by atoms with van der Waals surface area (Å²) in [4.78, 5) is 0. The summed E-state index contributed by atoms with van der Waals surface area (Å²) in [6, 6.07) is 15.0. The summed E-state index contributed by atoms with van der Waals surface area (Å²) in [5.41, 5.74) is 0. The molecular weight excluding hydrogens is 296 g/mol. The van der Waals surface area contributed by atoms with Gasteiger partial charge in [-0.05, 0) is 24.3 Å². The van der Waals surface area contributed by atoms with Crippen molar-refractivity contribution >= 4 is 0 Å². The lowest BCUT2D eigenvalue weighted by Gasteiger charge is -2.09. The van der Waals surface area contributed by atoms with Crippen molar-refractivity contribution in [3.63, 3.8) is 0 Å². The Hall–Kier alpha value is -2.40. The number of methoxy groups -OCH3 is 2. The van der Waals surface area contributed by atoms with Crippen LogP contribution in [0.25, 0.3) is 0 Å². The number of rotatable bonds is 10. The second-order valence-corrected chi connectivity index (χ2v) is 4.67. The van der Waals surface area contributed by atoms with E-state index < -0.39 is 0 Å². The molecule has 5 heteroatoms. The zero-order valence-electron chi connectivity index (χ0n) is 13.5. The lowest BCUT2D eigenvalue weighted by molar-refractivity contribution is 0.0763. The van der Waals surface area contributed by atoms with Crippen LogP contribution in [-0.4, -0.2) is 40.6 Å². The monoisotopic (exact) mass is 318 g/mol. The summed E-state index contributed by atoms with van der Waals surface area (Å²) in [6.45, 7) is 1.95. The molecule has 0 aliphatic rings. The lowest BCUT2D eigenvalue weighted by atomic mass is 10.3. The Morgan fingerprint density at radius 1 is 0.609 bits per heavy atom. The third-order valence-electron chi connectivity index (χ3n) is 3.08. The minimum Gasteiger partial charge on any atom is -0.497 e. The van der Waals surface area contributed by atoms with E-state index in [1.54, 1.807) is 14.2 Å². The molecule has 0 fully saturated rings. The summed E-state index contributed by atoms with van der Waals surface area (Å²) in [5, 5.41) is 0. The maximum atomic E-state index is 5.58. The fourth-order valence-corrected chi connectivity index (χ4v) is 1.92. The predicted molar refractivity (Wildman–Crippen MR) is 87.8 cm³/mol. The molecule has 23 heavy (non-hydrogen) atoms. The van der Waals surface area contributed by atoms with E-state index in [2.05, 4.69) is 0 Å². The summed E-state index contributed by atoms with van der Waals surface area (Å²) >= 11 is 0. The summed E-state index contributed by atoms with van der Waals surface area (Å²) in [7, 11) is 3.26. The van der Waals surface area contributed by atoms with Crippen LogP contribution in [0.3, 0.4) is 0 Å². The number of benzene rings is 2. The molecule has 2 aromatic carbocycles. The molecule has 0 amide bonds. The zero-order chi connectivity index (χ0) is 16.3. The van der Waals surface area contributed by atoms with E-state index in [4.69, 9.17) is 23.7 Å². The highest BCUT2D eigenvalue weighted by molar-refractivity contribution is 5.33. The molecule has 5 nitrogen and oxygen atoms in total. The minimum absolute atomic E-state index is 0.478. The van der Waals surface area contributed by atoms with Gasteiger partial charge in [-0.15, -0.1) is 0 Å². The molecule has 0 heterocycles. The molecule has 0 aliphatic carbocycles. The first-order valence-corrected chi connectivity index (χ1v) is 7.43. The van der Waals surface area contributed by atoms with E-state index in [1.165, 1.54) is 0 Å². The Morgan fingerprint density at radius 3 is 1.48 bits per heavy atom. The lowest BCUT2D eigenvalue weighted by Crippen LogP contribution is -2.12. The van der Waals surface area contributed by atoms with Crippen LogP contribution in [0.4, 0.5) is 0 Å². The van der Waals surface area contributed by atoms with Gasteiger partial charge in [0.05, 0.1) is 27.4 Å². The number of hydrogen-bond acceptors (Lipinski definition) is 5. The quantitative estimate of drug-likeness (QED) is 0.630. The van der Waals surface area contributed by atoms with Gasteiger partial charge in [0.15, 0.2) is 0 Å². The Morgan fingerprint density at radius 2 is 1.04 bits per heavy atom. The maximum absolute atomic E-state index is 5.58. The molecule has 124 valence electrons. The summed E-state index contributed by atoms with van der Waals surface area (Å²) in [6.07, 6.45) is 0. The second-order valence-electron chi connectivity index (χ2n) is 4.67. The normalized spacial score (nSPS) is 10.2. The zero-order valence-corrected chi connectivity index (χ0v) is 13.5. The van der Waals surface area contributed by atoms with E-state index in [-0.39, 0.29) is 0 Å². The van der Waals surface area contributed by atoms with Crippen molar-refractivity contribution in [2.24, 2.45) is 0 Å². The molecule has 2 aromatic rings. The topological polar surface area (TPSA) is 46.2 Å². The first-order chi connectivity index (χ1) is 11.3. The molecule has 0 unspecified atom stereocenters. The van der Waals surface area contributed by atoms with Gasteiger partial charge in [-0.3, -0.25) is 0 Å². The molecule has 0 atom stereocenters. The van der Waals surface area contributed by atoms with E-state index in [1.807, 2.05) is 48.5 Å². The van der Waals surface area contributed by atoms with E-state index in [0.717, 1.165) is 23.0 Å². The molecule has 0 saturated carbocycles. The van der Waals surface area contributed by atoms with Crippen molar-refractivity contribution in [3.8, 4) is 23.0 Å². The molecule has 0 spiro atoms. The highest BCUT2D eigenvalue weighted by atomic mass is 16.5. The second kappa shape index (κ2) is 9.58. The summed E-state index contributed by atoms with van der Waals surface area (Å²) < 4.78 is 26.9. The molecule has 0 aromatic heterocycles. The third-order valence-corrected chi connectivity index (χ3v) is 3.08. The fourth-order valence-electron chi connectivity index (χ4n) is 1.92. The van der Waals surface area contributed by atoms with Crippen molar-refractivity contribution in [2.75, 3.05) is 40.6 Å². The summed E-state index contributed by atoms with van der Waals surface area (Å²) in [5.74, 6) is 3.08. The van der Waals surface area contributed by atoms with Crippen molar-refractivity contribution < 1.29 is 23.7 Å². The van der Waals surface area contributed by atoms with E-state index in [0.29, 0.717) is 26.4 Å². The van der Waals surface area contributed by atoms with Crippen LogP contribution in [-0.2, 0) is 4.74 Å². The van der Waals surface area contributed by atoms with Crippen molar-refractivity contribution in [1.29, 1.82) is 0 Å². The Labute approximate surface area is 136 Å². The molecular formula is C18H22O5. The van der Waals surface area contributed by atoms with Gasteiger partial charge in [0.25, 0.3) is 0 Å². The first kappa shape index (κ1) is 17.0. The van der Waals surface area contributed by atoms with Gasteiger partial charge in [-0.2, -0.15) is 0 Å². The smallest absolute Gasteiger partial charge is 0.123 e. The highest BCUT2D eigenvalue weighted by Crippen LogP contribution is 2.19. The average Bonchev–Trinajstić information content (AvgIpc) is 2.61. The minimum atomic E-state index is 0.478. The maximum Gasteiger partial charge on any atom is 0.123 e. The molecule has 0 radical (unpaired) electrons. The van der Waals surface area contributed by atoms with Gasteiger partial charge < -0.3 is 23.7 Å². The molecule has 0 bridgehead atoms. The first-order valence-electron chi connectivity index (χ1n) is 7.43. The van der Waals surface area contributed by atoms with E-state index in [9.17, 15) is 0 Å². The van der Waals surface area contributed by atoms with Gasteiger partial charge >= 0.3 is 0 Å². The number of hydrogen-bond donors (Lipinski definition) is 0. The van der Waals surface area contributed by atoms with Crippen LogP contribution >= 0.6 is 0 Å². The average molecular weight is 318 g/mol. The van der Waals surface area contributed by atoms with Crippen LogP contribution in [0.5, 0.6) is 23.0 Å². The van der Waals surface area contributed by atoms with Crippen LogP contribution in [0.15, 0.2) is 48.5 Å². The molecule has 0 N–H and O–H groups in total. The fraction of sp³-hybridized carbons (Fsp3) is 0.333. The molecule has 0 saturated heterocycles. The SMILES string of the molecule is COc1cccc(OCCOCCOc2cccc(OC)c2)c1. The van der Waals surface area contributed by atoms with Crippen molar-refractivity contribution in [3.05, 3.63) is 48.5 Å². The van der Waals surface area contributed by atoms with Gasteiger partial charge in [-0.1, -0.05) is 12.1 Å². The van der Waals surface area contributed by atoms with Crippen LogP contribution < -0.4 is 18.9 Å². The van der Waals surface area contributed by atoms with Gasteiger partial charge in [-0.25, -0.2) is 0 Å².